The van der Waals surface area contributed by atoms with E-state index in [2.05, 4.69) is 10.0 Å². The number of hydrogen-bond acceptors (Lipinski definition) is 4. The first-order valence-corrected chi connectivity index (χ1v) is 12.1. The summed E-state index contributed by atoms with van der Waals surface area (Å²) < 4.78 is 33.7. The van der Waals surface area contributed by atoms with E-state index in [-0.39, 0.29) is 17.2 Å². The van der Waals surface area contributed by atoms with Crippen molar-refractivity contribution in [3.63, 3.8) is 0 Å². The highest BCUT2D eigenvalue weighted by molar-refractivity contribution is 7.89. The lowest BCUT2D eigenvalue weighted by Gasteiger charge is -2.19. The number of ether oxygens (including phenoxy) is 1. The predicted octanol–water partition coefficient (Wildman–Crippen LogP) is 3.81. The molecule has 0 aliphatic rings. The minimum absolute atomic E-state index is 0.113. The molecule has 0 bridgehead atoms. The van der Waals surface area contributed by atoms with Gasteiger partial charge in [-0.1, -0.05) is 60.1 Å². The molecular weight excluding hydrogens is 448 g/mol. The zero-order chi connectivity index (χ0) is 22.8. The maximum atomic E-state index is 12.8. The first-order chi connectivity index (χ1) is 15.4. The number of halogens is 1. The van der Waals surface area contributed by atoms with Crippen molar-refractivity contribution in [1.82, 2.24) is 10.0 Å². The summed E-state index contributed by atoms with van der Waals surface area (Å²) in [6.45, 7) is 0.756. The van der Waals surface area contributed by atoms with Gasteiger partial charge in [-0.25, -0.2) is 8.42 Å². The van der Waals surface area contributed by atoms with Crippen LogP contribution in [0.5, 0.6) is 5.75 Å². The molecule has 8 heteroatoms. The van der Waals surface area contributed by atoms with Crippen LogP contribution in [0.15, 0.2) is 89.8 Å². The van der Waals surface area contributed by atoms with Crippen molar-refractivity contribution in [2.75, 3.05) is 13.2 Å². The third kappa shape index (κ3) is 7.37. The van der Waals surface area contributed by atoms with Crippen molar-refractivity contribution in [2.45, 2.75) is 23.8 Å². The van der Waals surface area contributed by atoms with Crippen LogP contribution in [0.4, 0.5) is 0 Å². The van der Waals surface area contributed by atoms with Crippen LogP contribution in [0.1, 0.15) is 12.0 Å². The Morgan fingerprint density at radius 1 is 0.906 bits per heavy atom. The van der Waals surface area contributed by atoms with E-state index in [0.717, 1.165) is 5.56 Å². The molecule has 0 aliphatic carbocycles. The van der Waals surface area contributed by atoms with Crippen LogP contribution in [0.2, 0.25) is 5.02 Å². The molecular formula is C24H25ClN2O4S. The van der Waals surface area contributed by atoms with Gasteiger partial charge in [0.1, 0.15) is 11.8 Å². The second-order valence-corrected chi connectivity index (χ2v) is 9.27. The van der Waals surface area contributed by atoms with Crippen LogP contribution >= 0.6 is 11.6 Å². The van der Waals surface area contributed by atoms with E-state index in [4.69, 9.17) is 16.3 Å². The van der Waals surface area contributed by atoms with E-state index in [1.807, 2.05) is 30.3 Å². The number of carbonyl (C=O) groups is 1. The zero-order valence-electron chi connectivity index (χ0n) is 17.4. The van der Waals surface area contributed by atoms with E-state index in [0.29, 0.717) is 30.3 Å². The monoisotopic (exact) mass is 472 g/mol. The normalized spacial score (nSPS) is 12.2. The van der Waals surface area contributed by atoms with Crippen LogP contribution in [-0.2, 0) is 21.2 Å². The fraction of sp³-hybridized carbons (Fsp3) is 0.208. The number of amides is 1. The van der Waals surface area contributed by atoms with Crippen LogP contribution < -0.4 is 14.8 Å². The summed E-state index contributed by atoms with van der Waals surface area (Å²) in [6, 6.07) is 23.4. The smallest absolute Gasteiger partial charge is 0.241 e. The Bertz CT molecular complexity index is 1090. The molecule has 0 saturated heterocycles. The first-order valence-electron chi connectivity index (χ1n) is 10.2. The average Bonchev–Trinajstić information content (AvgIpc) is 2.80. The number of carbonyl (C=O) groups excluding carboxylic acids is 1. The van der Waals surface area contributed by atoms with Gasteiger partial charge in [-0.05, 0) is 54.8 Å². The molecule has 1 amide bonds. The van der Waals surface area contributed by atoms with Crippen molar-refractivity contribution < 1.29 is 17.9 Å². The van der Waals surface area contributed by atoms with Gasteiger partial charge in [0, 0.05) is 11.6 Å². The van der Waals surface area contributed by atoms with Crippen molar-refractivity contribution >= 4 is 27.5 Å². The minimum atomic E-state index is -3.85. The average molecular weight is 473 g/mol. The second kappa shape index (κ2) is 11.7. The van der Waals surface area contributed by atoms with E-state index in [1.165, 1.54) is 12.1 Å². The predicted molar refractivity (Wildman–Crippen MR) is 125 cm³/mol. The highest BCUT2D eigenvalue weighted by Gasteiger charge is 2.25. The Kier molecular flexibility index (Phi) is 8.67. The quantitative estimate of drug-likeness (QED) is 0.415. The lowest BCUT2D eigenvalue weighted by atomic mass is 10.1. The van der Waals surface area contributed by atoms with E-state index >= 15 is 0 Å². The number of sulfonamides is 1. The van der Waals surface area contributed by atoms with Crippen LogP contribution in [0.3, 0.4) is 0 Å². The fourth-order valence-corrected chi connectivity index (χ4v) is 4.36. The van der Waals surface area contributed by atoms with Crippen LogP contribution in [0, 0.1) is 0 Å². The maximum absolute atomic E-state index is 12.8. The molecule has 0 saturated carbocycles. The van der Waals surface area contributed by atoms with Gasteiger partial charge >= 0.3 is 0 Å². The van der Waals surface area contributed by atoms with Gasteiger partial charge in [-0.2, -0.15) is 4.72 Å². The molecule has 0 spiro atoms. The standard InChI is InChI=1S/C24H25ClN2O4S/c25-20-12-14-21(15-13-20)31-17-7-16-26-24(28)23(18-19-8-3-1-4-9-19)27-32(29,30)22-10-5-2-6-11-22/h1-6,8-15,23,27H,7,16-18H2,(H,26,28)/t23-/m0/s1. The van der Waals surface area contributed by atoms with Gasteiger partial charge in [-0.15, -0.1) is 0 Å². The summed E-state index contributed by atoms with van der Waals surface area (Å²) >= 11 is 5.85. The Hall–Kier alpha value is -2.87. The van der Waals surface area contributed by atoms with E-state index in [9.17, 15) is 13.2 Å². The number of benzene rings is 3. The third-order valence-corrected chi connectivity index (χ3v) is 6.39. The van der Waals surface area contributed by atoms with Gasteiger partial charge in [0.2, 0.25) is 15.9 Å². The number of nitrogens with one attached hydrogen (secondary N) is 2. The lowest BCUT2D eigenvalue weighted by molar-refractivity contribution is -0.122. The molecule has 0 aliphatic heterocycles. The Morgan fingerprint density at radius 2 is 1.53 bits per heavy atom. The lowest BCUT2D eigenvalue weighted by Crippen LogP contribution is -2.48. The highest BCUT2D eigenvalue weighted by Crippen LogP contribution is 2.15. The first kappa shape index (κ1) is 23.8. The summed E-state index contributed by atoms with van der Waals surface area (Å²) in [5.41, 5.74) is 0.856. The SMILES string of the molecule is O=C(NCCCOc1ccc(Cl)cc1)[C@H](Cc1ccccc1)NS(=O)(=O)c1ccccc1. The fourth-order valence-electron chi connectivity index (χ4n) is 3.02. The van der Waals surface area contributed by atoms with Crippen molar-refractivity contribution in [3.8, 4) is 5.75 Å². The summed E-state index contributed by atoms with van der Waals surface area (Å²) in [7, 11) is -3.85. The summed E-state index contributed by atoms with van der Waals surface area (Å²) in [5, 5.41) is 3.44. The Balaban J connectivity index is 1.58. The minimum Gasteiger partial charge on any atom is -0.494 e. The molecule has 3 aromatic rings. The van der Waals surface area contributed by atoms with Gasteiger partial charge in [0.15, 0.2) is 0 Å². The molecule has 2 N–H and O–H groups in total. The molecule has 0 fully saturated rings. The van der Waals surface area contributed by atoms with Crippen molar-refractivity contribution in [1.29, 1.82) is 0 Å². The second-order valence-electron chi connectivity index (χ2n) is 7.12. The van der Waals surface area contributed by atoms with Crippen molar-refractivity contribution in [3.05, 3.63) is 95.5 Å². The molecule has 168 valence electrons. The molecule has 0 radical (unpaired) electrons. The molecule has 3 aromatic carbocycles. The summed E-state index contributed by atoms with van der Waals surface area (Å²) in [6.07, 6.45) is 0.803. The van der Waals surface area contributed by atoms with E-state index in [1.54, 1.807) is 42.5 Å². The van der Waals surface area contributed by atoms with Crippen molar-refractivity contribution in [2.24, 2.45) is 0 Å². The molecule has 32 heavy (non-hydrogen) atoms. The Morgan fingerprint density at radius 3 is 2.19 bits per heavy atom. The largest absolute Gasteiger partial charge is 0.494 e. The van der Waals surface area contributed by atoms with Gasteiger partial charge < -0.3 is 10.1 Å². The van der Waals surface area contributed by atoms with Crippen LogP contribution in [-0.4, -0.2) is 33.5 Å². The molecule has 0 aromatic heterocycles. The third-order valence-electron chi connectivity index (χ3n) is 4.65. The molecule has 3 rings (SSSR count). The highest BCUT2D eigenvalue weighted by atomic mass is 35.5. The topological polar surface area (TPSA) is 84.5 Å². The van der Waals surface area contributed by atoms with Crippen LogP contribution in [0.25, 0.3) is 0 Å². The molecule has 6 nitrogen and oxygen atoms in total. The molecule has 0 heterocycles. The molecule has 1 atom stereocenters. The van der Waals surface area contributed by atoms with Gasteiger partial charge in [0.05, 0.1) is 11.5 Å². The van der Waals surface area contributed by atoms with E-state index < -0.39 is 16.1 Å². The summed E-state index contributed by atoms with van der Waals surface area (Å²) in [5.74, 6) is 0.304. The maximum Gasteiger partial charge on any atom is 0.241 e. The summed E-state index contributed by atoms with van der Waals surface area (Å²) in [4.78, 5) is 12.9. The number of hydrogen-bond donors (Lipinski definition) is 2. The Labute approximate surface area is 193 Å². The number of rotatable bonds is 11. The van der Waals surface area contributed by atoms with Gasteiger partial charge in [-0.3, -0.25) is 4.79 Å². The molecule has 0 unspecified atom stereocenters. The zero-order valence-corrected chi connectivity index (χ0v) is 19.0. The van der Waals surface area contributed by atoms with Gasteiger partial charge in [0.25, 0.3) is 0 Å².